The van der Waals surface area contributed by atoms with E-state index in [1.54, 1.807) is 25.9 Å². The molecule has 0 spiro atoms. The number of ether oxygens (including phenoxy) is 2. The van der Waals surface area contributed by atoms with Crippen LogP contribution in [-0.2, 0) is 23.4 Å². The number of hydrogen-bond donors (Lipinski definition) is 3. The third-order valence-corrected chi connectivity index (χ3v) is 10.9. The maximum atomic E-state index is 16.5. The van der Waals surface area contributed by atoms with Gasteiger partial charge in [-0.1, -0.05) is 18.2 Å². The summed E-state index contributed by atoms with van der Waals surface area (Å²) in [6.45, 7) is 4.48. The second-order valence-electron chi connectivity index (χ2n) is 10.3. The number of nitrogen functional groups attached to an aromatic ring is 1. The number of nitrogens with one attached hydrogen (secondary N) is 1. The number of benzene rings is 1. The van der Waals surface area contributed by atoms with E-state index in [1.807, 2.05) is 30.3 Å². The SMILES string of the molecule is CCOC(=O)[C@H](C)NP(=O)(CSc1ccccc1)OC1[C@H]2O[C@@H](n3cnc4c(N(C)C)nc(N)nc43)[C@](C)(F)[C@@]12O. The molecule has 1 aromatic carbocycles. The summed E-state index contributed by atoms with van der Waals surface area (Å²) in [6.07, 6.45) is -2.41. The van der Waals surface area contributed by atoms with E-state index < -0.39 is 49.2 Å². The first-order chi connectivity index (χ1) is 19.3. The average Bonchev–Trinajstić information content (AvgIpc) is 3.17. The van der Waals surface area contributed by atoms with Crippen LogP contribution in [-0.4, -0.2) is 86.3 Å². The number of anilines is 2. The highest BCUT2D eigenvalue weighted by Gasteiger charge is 2.85. The monoisotopic (exact) mass is 609 g/mol. The van der Waals surface area contributed by atoms with Gasteiger partial charge in [-0.3, -0.25) is 13.9 Å². The van der Waals surface area contributed by atoms with E-state index in [-0.39, 0.29) is 23.7 Å². The molecule has 0 amide bonds. The fourth-order valence-electron chi connectivity index (χ4n) is 4.95. The Hall–Kier alpha value is -2.81. The van der Waals surface area contributed by atoms with Crippen molar-refractivity contribution in [2.24, 2.45) is 0 Å². The molecule has 0 radical (unpaired) electrons. The van der Waals surface area contributed by atoms with Crippen molar-refractivity contribution in [1.82, 2.24) is 24.6 Å². The van der Waals surface area contributed by atoms with Gasteiger partial charge >= 0.3 is 5.97 Å². The van der Waals surface area contributed by atoms with Crippen LogP contribution in [0.1, 0.15) is 27.0 Å². The fraction of sp³-hybridized carbons (Fsp3) is 0.520. The van der Waals surface area contributed by atoms with Crippen molar-refractivity contribution in [3.8, 4) is 0 Å². The summed E-state index contributed by atoms with van der Waals surface area (Å²) in [7, 11) is -0.343. The van der Waals surface area contributed by atoms with Gasteiger partial charge in [0.05, 0.1) is 18.4 Å². The van der Waals surface area contributed by atoms with Crippen molar-refractivity contribution in [1.29, 1.82) is 0 Å². The Bertz CT molecular complexity index is 1490. The third kappa shape index (κ3) is 5.19. The number of nitrogens with zero attached hydrogens (tertiary/aromatic N) is 5. The Balaban J connectivity index is 1.39. The molecule has 2 fully saturated rings. The molecular formula is C25H33FN7O6PS. The second-order valence-corrected chi connectivity index (χ2v) is 13.9. The predicted molar refractivity (Wildman–Crippen MR) is 151 cm³/mol. The molecule has 1 aliphatic carbocycles. The van der Waals surface area contributed by atoms with Gasteiger partial charge in [0.1, 0.15) is 18.2 Å². The highest BCUT2D eigenvalue weighted by Crippen LogP contribution is 2.66. The van der Waals surface area contributed by atoms with Crippen molar-refractivity contribution in [2.75, 3.05) is 36.8 Å². The van der Waals surface area contributed by atoms with Crippen molar-refractivity contribution in [3.63, 3.8) is 0 Å². The van der Waals surface area contributed by atoms with Crippen LogP contribution in [0, 0.1) is 0 Å². The molecule has 2 aromatic heterocycles. The van der Waals surface area contributed by atoms with Gasteiger partial charge in [-0.2, -0.15) is 9.97 Å². The largest absolute Gasteiger partial charge is 0.465 e. The lowest BCUT2D eigenvalue weighted by Crippen LogP contribution is -2.45. The van der Waals surface area contributed by atoms with E-state index in [9.17, 15) is 14.5 Å². The van der Waals surface area contributed by atoms with Crippen molar-refractivity contribution in [3.05, 3.63) is 36.7 Å². The van der Waals surface area contributed by atoms with Crippen LogP contribution in [0.4, 0.5) is 16.2 Å². The molecule has 222 valence electrons. The lowest BCUT2D eigenvalue weighted by atomic mass is 9.97. The number of nitrogens with two attached hydrogens (primary N) is 1. The van der Waals surface area contributed by atoms with Gasteiger partial charge in [0.25, 0.3) is 7.52 Å². The number of rotatable bonds is 11. The molecule has 1 aliphatic heterocycles. The molecule has 13 nitrogen and oxygen atoms in total. The van der Waals surface area contributed by atoms with Crippen LogP contribution in [0.15, 0.2) is 41.6 Å². The van der Waals surface area contributed by atoms with E-state index in [4.69, 9.17) is 19.7 Å². The number of carbonyl (C=O) groups is 1. The molecule has 5 rings (SSSR count). The Morgan fingerprint density at radius 3 is 2.68 bits per heavy atom. The molecule has 4 N–H and O–H groups in total. The summed E-state index contributed by atoms with van der Waals surface area (Å²) in [4.78, 5) is 27.6. The summed E-state index contributed by atoms with van der Waals surface area (Å²) >= 11 is 1.23. The molecule has 7 atom stereocenters. The smallest absolute Gasteiger partial charge is 0.323 e. The number of fused-ring (bicyclic) bond motifs is 2. The lowest BCUT2D eigenvalue weighted by molar-refractivity contribution is -0.144. The first-order valence-corrected chi connectivity index (χ1v) is 15.8. The first kappa shape index (κ1) is 29.7. The van der Waals surface area contributed by atoms with Gasteiger partial charge in [-0.25, -0.2) is 14.5 Å². The van der Waals surface area contributed by atoms with Crippen LogP contribution < -0.4 is 15.7 Å². The molecular weight excluding hydrogens is 576 g/mol. The maximum absolute atomic E-state index is 16.5. The van der Waals surface area contributed by atoms with Crippen molar-refractivity contribution >= 4 is 48.2 Å². The number of hydrogen-bond acceptors (Lipinski definition) is 12. The minimum absolute atomic E-state index is 0.0368. The van der Waals surface area contributed by atoms with E-state index in [0.717, 1.165) is 4.90 Å². The molecule has 16 heteroatoms. The molecule has 2 aliphatic rings. The average molecular weight is 610 g/mol. The van der Waals surface area contributed by atoms with Gasteiger partial charge in [-0.05, 0) is 32.9 Å². The Morgan fingerprint density at radius 1 is 1.37 bits per heavy atom. The fourth-order valence-corrected chi connectivity index (χ4v) is 8.51. The predicted octanol–water partition coefficient (Wildman–Crippen LogP) is 2.71. The Kier molecular flexibility index (Phi) is 7.81. The summed E-state index contributed by atoms with van der Waals surface area (Å²) < 4.78 is 48.9. The number of aliphatic hydroxyl groups is 1. The normalized spacial score (nSPS) is 29.1. The standard InChI is InChI=1S/C25H33FN7O6PS/c1-6-37-21(34)14(2)31-40(36,13-41-15-10-8-7-9-11-15)39-18-17-25(18,35)24(3,26)22(38-17)33-12-28-16-19(32(4)5)29-23(27)30-20(16)33/h7-12,14,17-18,22,35H,6,13H2,1-5H3,(H,31,36)(H2,27,29,30)/t14-,17+,18?,22+,24-,25-,40?/m0/s1. The Morgan fingerprint density at radius 2 is 2.07 bits per heavy atom. The number of imidazole rings is 1. The van der Waals surface area contributed by atoms with Gasteiger partial charge in [0.2, 0.25) is 5.95 Å². The van der Waals surface area contributed by atoms with E-state index in [1.165, 1.54) is 36.5 Å². The summed E-state index contributed by atoms with van der Waals surface area (Å²) in [5.74, 6) is -0.216. The summed E-state index contributed by atoms with van der Waals surface area (Å²) in [5.41, 5.74) is 1.85. The van der Waals surface area contributed by atoms with E-state index in [2.05, 4.69) is 20.0 Å². The van der Waals surface area contributed by atoms with Crippen molar-refractivity contribution < 1.29 is 32.9 Å². The van der Waals surface area contributed by atoms with Gasteiger partial charge in [0.15, 0.2) is 34.5 Å². The number of halogens is 1. The van der Waals surface area contributed by atoms with Gasteiger partial charge in [0, 0.05) is 19.0 Å². The molecule has 41 heavy (non-hydrogen) atoms. The topological polar surface area (TPSA) is 167 Å². The van der Waals surface area contributed by atoms with Crippen molar-refractivity contribution in [2.45, 2.75) is 61.4 Å². The third-order valence-electron chi connectivity index (χ3n) is 7.11. The van der Waals surface area contributed by atoms with Gasteiger partial charge < -0.3 is 29.7 Å². The molecule has 1 saturated carbocycles. The zero-order chi connectivity index (χ0) is 29.7. The number of carbonyl (C=O) groups excluding carboxylic acids is 1. The highest BCUT2D eigenvalue weighted by atomic mass is 32.2. The number of thioether (sulfide) groups is 1. The Labute approximate surface area is 240 Å². The van der Waals surface area contributed by atoms with Crippen LogP contribution >= 0.6 is 19.3 Å². The summed E-state index contributed by atoms with van der Waals surface area (Å²) in [5, 5.41) is 14.2. The maximum Gasteiger partial charge on any atom is 0.323 e. The van der Waals surface area contributed by atoms with Crippen LogP contribution in [0.2, 0.25) is 0 Å². The number of esters is 1. The lowest BCUT2D eigenvalue weighted by Gasteiger charge is -2.32. The van der Waals surface area contributed by atoms with Crippen LogP contribution in [0.3, 0.4) is 0 Å². The second kappa shape index (κ2) is 10.8. The van der Waals surface area contributed by atoms with E-state index >= 15 is 4.39 Å². The zero-order valence-corrected chi connectivity index (χ0v) is 24.9. The number of aromatic nitrogens is 4. The van der Waals surface area contributed by atoms with Gasteiger partial charge in [-0.15, -0.1) is 11.8 Å². The van der Waals surface area contributed by atoms with Crippen LogP contribution in [0.25, 0.3) is 11.2 Å². The highest BCUT2D eigenvalue weighted by molar-refractivity contribution is 8.04. The minimum atomic E-state index is -3.86. The first-order valence-electron chi connectivity index (χ1n) is 13.0. The van der Waals surface area contributed by atoms with E-state index in [0.29, 0.717) is 11.3 Å². The minimum Gasteiger partial charge on any atom is -0.465 e. The summed E-state index contributed by atoms with van der Waals surface area (Å²) in [6, 6.07) is 8.21. The molecule has 2 unspecified atom stereocenters. The number of alkyl halides is 1. The molecule has 3 aromatic rings. The molecule has 1 saturated heterocycles. The quantitative estimate of drug-likeness (QED) is 0.165. The zero-order valence-electron chi connectivity index (χ0n) is 23.2. The molecule has 0 bridgehead atoms. The molecule has 3 heterocycles. The van der Waals surface area contributed by atoms with Crippen LogP contribution in [0.5, 0.6) is 0 Å².